The Morgan fingerprint density at radius 3 is 2.74 bits per heavy atom. The summed E-state index contributed by atoms with van der Waals surface area (Å²) < 4.78 is 5.98. The summed E-state index contributed by atoms with van der Waals surface area (Å²) in [6, 6.07) is 0.458. The minimum Gasteiger partial charge on any atom is -0.319 e. The molecule has 3 aromatic rings. The van der Waals surface area contributed by atoms with Crippen molar-refractivity contribution < 1.29 is 0 Å². The Bertz CT molecular complexity index is 869. The van der Waals surface area contributed by atoms with Crippen molar-refractivity contribution in [3.63, 3.8) is 0 Å². The monoisotopic (exact) mass is 369 g/mol. The van der Waals surface area contributed by atoms with Crippen LogP contribution in [0, 0.1) is 5.92 Å². The zero-order valence-corrected chi connectivity index (χ0v) is 16.2. The van der Waals surface area contributed by atoms with E-state index >= 15 is 0 Å². The summed E-state index contributed by atoms with van der Waals surface area (Å²) in [5.41, 5.74) is 0.800. The molecule has 0 aliphatic carbocycles. The third-order valence-corrected chi connectivity index (χ3v) is 5.17. The maximum absolute atomic E-state index is 4.59. The summed E-state index contributed by atoms with van der Waals surface area (Å²) in [6.07, 6.45) is 10.5. The van der Waals surface area contributed by atoms with Crippen molar-refractivity contribution in [2.75, 3.05) is 13.1 Å². The van der Waals surface area contributed by atoms with Crippen LogP contribution < -0.4 is 5.32 Å². The molecule has 1 fully saturated rings. The number of aryl methyl sites for hydroxylation is 1. The van der Waals surface area contributed by atoms with Crippen molar-refractivity contribution in [3.8, 4) is 11.5 Å². The Morgan fingerprint density at radius 2 is 2.04 bits per heavy atom. The highest BCUT2D eigenvalue weighted by atomic mass is 15.4. The third-order valence-electron chi connectivity index (χ3n) is 5.17. The first-order valence-electron chi connectivity index (χ1n) is 9.63. The van der Waals surface area contributed by atoms with Crippen LogP contribution in [0.1, 0.15) is 51.0 Å². The van der Waals surface area contributed by atoms with E-state index in [0.717, 1.165) is 49.7 Å². The van der Waals surface area contributed by atoms with Gasteiger partial charge in [0.25, 0.3) is 0 Å². The van der Waals surface area contributed by atoms with E-state index in [1.165, 1.54) is 0 Å². The average Bonchev–Trinajstić information content (AvgIpc) is 3.40. The molecule has 9 nitrogen and oxygen atoms in total. The van der Waals surface area contributed by atoms with Crippen molar-refractivity contribution >= 4 is 0 Å². The zero-order chi connectivity index (χ0) is 18.8. The molecule has 1 unspecified atom stereocenters. The van der Waals surface area contributed by atoms with E-state index in [1.807, 2.05) is 35.0 Å². The Kier molecular flexibility index (Phi) is 5.02. The van der Waals surface area contributed by atoms with Crippen LogP contribution in [0.15, 0.2) is 24.9 Å². The van der Waals surface area contributed by atoms with Crippen molar-refractivity contribution in [3.05, 3.63) is 30.7 Å². The lowest BCUT2D eigenvalue weighted by Crippen LogP contribution is -2.29. The average molecular weight is 369 g/mol. The van der Waals surface area contributed by atoms with E-state index in [-0.39, 0.29) is 6.04 Å². The number of aromatic nitrogens is 8. The van der Waals surface area contributed by atoms with Gasteiger partial charge in [-0.1, -0.05) is 19.1 Å². The van der Waals surface area contributed by atoms with Crippen LogP contribution in [0.5, 0.6) is 0 Å². The first-order chi connectivity index (χ1) is 13.1. The summed E-state index contributed by atoms with van der Waals surface area (Å²) in [5, 5.41) is 16.5. The van der Waals surface area contributed by atoms with Gasteiger partial charge < -0.3 is 9.88 Å². The first kappa shape index (κ1) is 17.8. The van der Waals surface area contributed by atoms with E-state index < -0.39 is 0 Å². The van der Waals surface area contributed by atoms with Crippen molar-refractivity contribution in [2.45, 2.75) is 45.2 Å². The van der Waals surface area contributed by atoms with Crippen LogP contribution in [0.2, 0.25) is 0 Å². The van der Waals surface area contributed by atoms with Crippen molar-refractivity contribution in [1.82, 2.24) is 44.6 Å². The van der Waals surface area contributed by atoms with Gasteiger partial charge in [0.15, 0.2) is 5.82 Å². The van der Waals surface area contributed by atoms with E-state index in [2.05, 4.69) is 49.1 Å². The predicted molar refractivity (Wildman–Crippen MR) is 101 cm³/mol. The molecule has 3 aromatic heterocycles. The van der Waals surface area contributed by atoms with Crippen LogP contribution >= 0.6 is 0 Å². The fraction of sp³-hybridized carbons (Fsp3) is 0.611. The van der Waals surface area contributed by atoms with Crippen LogP contribution in [0.3, 0.4) is 0 Å². The zero-order valence-electron chi connectivity index (χ0n) is 16.2. The number of hydrogen-bond donors (Lipinski definition) is 1. The van der Waals surface area contributed by atoms with Gasteiger partial charge in [-0.05, 0) is 38.3 Å². The van der Waals surface area contributed by atoms with Crippen molar-refractivity contribution in [2.24, 2.45) is 13.0 Å². The molecule has 9 heteroatoms. The number of imidazole rings is 1. The van der Waals surface area contributed by atoms with Gasteiger partial charge >= 0.3 is 0 Å². The molecule has 1 aliphatic heterocycles. The molecule has 0 bridgehead atoms. The van der Waals surface area contributed by atoms with Gasteiger partial charge in [-0.25, -0.2) is 14.6 Å². The van der Waals surface area contributed by atoms with Gasteiger partial charge in [0.2, 0.25) is 0 Å². The molecule has 4 rings (SSSR count). The lowest BCUT2D eigenvalue weighted by molar-refractivity contribution is 0.337. The Morgan fingerprint density at radius 1 is 1.22 bits per heavy atom. The van der Waals surface area contributed by atoms with Gasteiger partial charge in [-0.15, -0.1) is 5.10 Å². The molecule has 0 saturated carbocycles. The molecule has 1 N–H and O–H groups in total. The number of nitrogens with zero attached hydrogens (tertiary/aromatic N) is 8. The summed E-state index contributed by atoms with van der Waals surface area (Å²) in [7, 11) is 1.93. The summed E-state index contributed by atoms with van der Waals surface area (Å²) in [5.74, 6) is 2.25. The van der Waals surface area contributed by atoms with E-state index in [0.29, 0.717) is 12.0 Å². The number of rotatable bonds is 6. The fourth-order valence-corrected chi connectivity index (χ4v) is 3.79. The quantitative estimate of drug-likeness (QED) is 0.713. The number of hydrogen-bond acceptors (Lipinski definition) is 6. The second-order valence-corrected chi connectivity index (χ2v) is 7.61. The highest BCUT2D eigenvalue weighted by Gasteiger charge is 2.25. The summed E-state index contributed by atoms with van der Waals surface area (Å²) in [6.45, 7) is 6.48. The topological polar surface area (TPSA) is 91.3 Å². The number of piperidine rings is 1. The lowest BCUT2D eigenvalue weighted by Gasteiger charge is -2.22. The Hall–Kier alpha value is -2.55. The van der Waals surface area contributed by atoms with Crippen LogP contribution in [-0.2, 0) is 7.05 Å². The summed E-state index contributed by atoms with van der Waals surface area (Å²) >= 11 is 0. The molecule has 144 valence electrons. The smallest absolute Gasteiger partial charge is 0.162 e. The normalized spacial score (nSPS) is 16.9. The standard InChI is InChI=1S/C18H27N9/c1-13(2)10-16(18-21-12-22-25(18)3)26-9-8-20-17(26)15-11-27(24-23-15)14-4-6-19-7-5-14/h8-9,11-14,16,19H,4-7,10H2,1-3H3. The highest BCUT2D eigenvalue weighted by molar-refractivity contribution is 5.48. The SMILES string of the molecule is CC(C)CC(c1ncnn1C)n1ccnc1-c1cn(C2CCNCC2)nn1. The second kappa shape index (κ2) is 7.59. The minimum absolute atomic E-state index is 0.0547. The molecule has 0 spiro atoms. The van der Waals surface area contributed by atoms with Gasteiger partial charge in [0.05, 0.1) is 18.3 Å². The molecule has 4 heterocycles. The van der Waals surface area contributed by atoms with E-state index in [1.54, 1.807) is 6.33 Å². The molecule has 1 saturated heterocycles. The molecular formula is C18H27N9. The molecule has 0 aromatic carbocycles. The molecule has 1 atom stereocenters. The van der Waals surface area contributed by atoms with Gasteiger partial charge in [0.1, 0.15) is 17.8 Å². The van der Waals surface area contributed by atoms with Crippen LogP contribution in [-0.4, -0.2) is 52.4 Å². The van der Waals surface area contributed by atoms with E-state index in [4.69, 9.17) is 0 Å². The first-order valence-corrected chi connectivity index (χ1v) is 9.63. The van der Waals surface area contributed by atoms with Crippen molar-refractivity contribution in [1.29, 1.82) is 0 Å². The van der Waals surface area contributed by atoms with Gasteiger partial charge in [-0.3, -0.25) is 4.68 Å². The largest absolute Gasteiger partial charge is 0.319 e. The van der Waals surface area contributed by atoms with Crippen LogP contribution in [0.25, 0.3) is 11.5 Å². The Balaban J connectivity index is 1.67. The fourth-order valence-electron chi connectivity index (χ4n) is 3.79. The number of nitrogens with one attached hydrogen (secondary N) is 1. The molecule has 27 heavy (non-hydrogen) atoms. The predicted octanol–water partition coefficient (Wildman–Crippen LogP) is 1.83. The lowest BCUT2D eigenvalue weighted by atomic mass is 10.0. The maximum atomic E-state index is 4.59. The minimum atomic E-state index is 0.0547. The second-order valence-electron chi connectivity index (χ2n) is 7.61. The molecule has 0 amide bonds. The maximum Gasteiger partial charge on any atom is 0.162 e. The molecule has 0 radical (unpaired) electrons. The molecular weight excluding hydrogens is 342 g/mol. The van der Waals surface area contributed by atoms with Gasteiger partial charge in [0, 0.05) is 19.4 Å². The molecule has 1 aliphatic rings. The highest BCUT2D eigenvalue weighted by Crippen LogP contribution is 2.29. The van der Waals surface area contributed by atoms with Gasteiger partial charge in [-0.2, -0.15) is 5.10 Å². The van der Waals surface area contributed by atoms with E-state index in [9.17, 15) is 0 Å². The third kappa shape index (κ3) is 3.64. The van der Waals surface area contributed by atoms with Crippen LogP contribution in [0.4, 0.5) is 0 Å². The Labute approximate surface area is 158 Å². The summed E-state index contributed by atoms with van der Waals surface area (Å²) in [4.78, 5) is 9.08.